The summed E-state index contributed by atoms with van der Waals surface area (Å²) < 4.78 is 2.01. The highest BCUT2D eigenvalue weighted by molar-refractivity contribution is 5.23. The number of rotatable bonds is 7. The highest BCUT2D eigenvalue weighted by atomic mass is 15.3. The molecule has 1 aromatic carbocycles. The number of hydrogen-bond acceptors (Lipinski definition) is 3. The Bertz CT molecular complexity index is 533. The van der Waals surface area contributed by atoms with Gasteiger partial charge in [0.15, 0.2) is 0 Å². The Morgan fingerprint density at radius 3 is 2.85 bits per heavy atom. The van der Waals surface area contributed by atoms with Gasteiger partial charge in [0.1, 0.15) is 12.2 Å². The summed E-state index contributed by atoms with van der Waals surface area (Å²) in [6.07, 6.45) is 4.66. The Balaban J connectivity index is 2.03. The number of aromatic nitrogens is 3. The van der Waals surface area contributed by atoms with E-state index in [4.69, 9.17) is 0 Å². The first-order valence-corrected chi connectivity index (χ1v) is 7.32. The van der Waals surface area contributed by atoms with Crippen molar-refractivity contribution in [2.75, 3.05) is 7.05 Å². The van der Waals surface area contributed by atoms with E-state index in [1.165, 1.54) is 11.1 Å². The van der Waals surface area contributed by atoms with Crippen molar-refractivity contribution in [1.29, 1.82) is 0 Å². The zero-order valence-corrected chi connectivity index (χ0v) is 12.6. The molecule has 4 heteroatoms. The van der Waals surface area contributed by atoms with E-state index in [9.17, 15) is 0 Å². The van der Waals surface area contributed by atoms with E-state index in [1.807, 2.05) is 11.7 Å². The fourth-order valence-corrected chi connectivity index (χ4v) is 2.47. The van der Waals surface area contributed by atoms with Gasteiger partial charge < -0.3 is 5.32 Å². The van der Waals surface area contributed by atoms with E-state index in [-0.39, 0.29) is 0 Å². The van der Waals surface area contributed by atoms with Crippen LogP contribution in [0.4, 0.5) is 0 Å². The molecule has 0 saturated carbocycles. The Labute approximate surface area is 121 Å². The number of nitrogens with one attached hydrogen (secondary N) is 1. The summed E-state index contributed by atoms with van der Waals surface area (Å²) in [4.78, 5) is 4.39. The van der Waals surface area contributed by atoms with Gasteiger partial charge in [0.25, 0.3) is 0 Å². The molecule has 0 aliphatic carbocycles. The van der Waals surface area contributed by atoms with Crippen LogP contribution in [0.25, 0.3) is 0 Å². The molecular formula is C16H24N4. The molecule has 0 amide bonds. The summed E-state index contributed by atoms with van der Waals surface area (Å²) in [5.41, 5.74) is 2.68. The fraction of sp³-hybridized carbons (Fsp3) is 0.500. The van der Waals surface area contributed by atoms with Crippen LogP contribution in [0.2, 0.25) is 0 Å². The van der Waals surface area contributed by atoms with Gasteiger partial charge in [0, 0.05) is 19.0 Å². The van der Waals surface area contributed by atoms with Gasteiger partial charge in [-0.1, -0.05) is 36.8 Å². The second kappa shape index (κ2) is 7.20. The summed E-state index contributed by atoms with van der Waals surface area (Å²) in [6.45, 7) is 5.24. The van der Waals surface area contributed by atoms with Gasteiger partial charge in [-0.25, -0.2) is 4.98 Å². The normalized spacial score (nSPS) is 12.6. The third kappa shape index (κ3) is 3.90. The summed E-state index contributed by atoms with van der Waals surface area (Å²) in [5.74, 6) is 1.07. The average molecular weight is 272 g/mol. The van der Waals surface area contributed by atoms with Gasteiger partial charge in [-0.05, 0) is 32.4 Å². The van der Waals surface area contributed by atoms with Gasteiger partial charge in [-0.3, -0.25) is 4.68 Å². The van der Waals surface area contributed by atoms with E-state index in [2.05, 4.69) is 53.5 Å². The van der Waals surface area contributed by atoms with Crippen LogP contribution in [0.3, 0.4) is 0 Å². The van der Waals surface area contributed by atoms with Crippen LogP contribution < -0.4 is 5.32 Å². The highest BCUT2D eigenvalue weighted by Gasteiger charge is 2.13. The maximum absolute atomic E-state index is 4.39. The standard InChI is InChI=1S/C16H24N4/c1-4-8-20-16(18-12-19-20)11-15(17-3)10-14-7-5-6-13(2)9-14/h5-7,9,12,15,17H,4,8,10-11H2,1-3H3. The predicted molar refractivity (Wildman–Crippen MR) is 81.7 cm³/mol. The van der Waals surface area contributed by atoms with Crippen molar-refractivity contribution in [3.63, 3.8) is 0 Å². The molecule has 0 spiro atoms. The maximum atomic E-state index is 4.39. The van der Waals surface area contributed by atoms with E-state index < -0.39 is 0 Å². The maximum Gasteiger partial charge on any atom is 0.138 e. The van der Waals surface area contributed by atoms with Gasteiger partial charge >= 0.3 is 0 Å². The first-order valence-electron chi connectivity index (χ1n) is 7.32. The van der Waals surface area contributed by atoms with Crippen LogP contribution in [-0.4, -0.2) is 27.9 Å². The van der Waals surface area contributed by atoms with Crippen LogP contribution in [0.5, 0.6) is 0 Å². The number of aryl methyl sites for hydroxylation is 2. The molecule has 0 aliphatic heterocycles. The van der Waals surface area contributed by atoms with Crippen molar-refractivity contribution in [2.45, 2.75) is 45.7 Å². The highest BCUT2D eigenvalue weighted by Crippen LogP contribution is 2.10. The summed E-state index contributed by atoms with van der Waals surface area (Å²) in [5, 5.41) is 7.69. The quantitative estimate of drug-likeness (QED) is 0.841. The summed E-state index contributed by atoms with van der Waals surface area (Å²) in [7, 11) is 2.01. The minimum atomic E-state index is 0.386. The zero-order valence-electron chi connectivity index (χ0n) is 12.6. The Hall–Kier alpha value is -1.68. The van der Waals surface area contributed by atoms with E-state index in [0.717, 1.165) is 31.6 Å². The smallest absolute Gasteiger partial charge is 0.138 e. The molecule has 0 saturated heterocycles. The monoisotopic (exact) mass is 272 g/mol. The van der Waals surface area contributed by atoms with Crippen molar-refractivity contribution in [3.05, 3.63) is 47.5 Å². The lowest BCUT2D eigenvalue weighted by Crippen LogP contribution is -2.31. The van der Waals surface area contributed by atoms with Crippen LogP contribution in [0.15, 0.2) is 30.6 Å². The second-order valence-corrected chi connectivity index (χ2v) is 5.28. The van der Waals surface area contributed by atoms with Gasteiger partial charge in [0.2, 0.25) is 0 Å². The number of nitrogens with zero attached hydrogens (tertiary/aromatic N) is 3. The number of hydrogen-bond donors (Lipinski definition) is 1. The van der Waals surface area contributed by atoms with Gasteiger partial charge in [-0.2, -0.15) is 5.10 Å². The number of likely N-dealkylation sites (N-methyl/N-ethyl adjacent to an activating group) is 1. The van der Waals surface area contributed by atoms with Crippen molar-refractivity contribution in [2.24, 2.45) is 0 Å². The largest absolute Gasteiger partial charge is 0.316 e. The number of benzene rings is 1. The minimum Gasteiger partial charge on any atom is -0.316 e. The molecule has 0 fully saturated rings. The minimum absolute atomic E-state index is 0.386. The summed E-state index contributed by atoms with van der Waals surface area (Å²) in [6, 6.07) is 9.08. The molecule has 4 nitrogen and oxygen atoms in total. The van der Waals surface area contributed by atoms with Crippen LogP contribution in [0, 0.1) is 6.92 Å². The van der Waals surface area contributed by atoms with Crippen molar-refractivity contribution < 1.29 is 0 Å². The third-order valence-corrected chi connectivity index (χ3v) is 3.53. The first-order chi connectivity index (χ1) is 9.72. The molecule has 2 rings (SSSR count). The molecule has 2 aromatic rings. The van der Waals surface area contributed by atoms with Crippen LogP contribution >= 0.6 is 0 Å². The fourth-order valence-electron chi connectivity index (χ4n) is 2.47. The molecule has 1 aromatic heterocycles. The second-order valence-electron chi connectivity index (χ2n) is 5.28. The molecule has 1 unspecified atom stereocenters. The topological polar surface area (TPSA) is 42.7 Å². The molecule has 108 valence electrons. The van der Waals surface area contributed by atoms with Crippen LogP contribution in [0.1, 0.15) is 30.3 Å². The van der Waals surface area contributed by atoms with Crippen molar-refractivity contribution in [1.82, 2.24) is 20.1 Å². The lowest BCUT2D eigenvalue weighted by molar-refractivity contribution is 0.501. The zero-order chi connectivity index (χ0) is 14.4. The van der Waals surface area contributed by atoms with E-state index >= 15 is 0 Å². The molecule has 0 radical (unpaired) electrons. The molecule has 1 N–H and O–H groups in total. The lowest BCUT2D eigenvalue weighted by Gasteiger charge is -2.16. The Morgan fingerprint density at radius 2 is 2.15 bits per heavy atom. The van der Waals surface area contributed by atoms with E-state index in [0.29, 0.717) is 6.04 Å². The molecule has 0 bridgehead atoms. The average Bonchev–Trinajstić information content (AvgIpc) is 2.86. The molecule has 1 heterocycles. The van der Waals surface area contributed by atoms with Gasteiger partial charge in [-0.15, -0.1) is 0 Å². The predicted octanol–water partition coefficient (Wildman–Crippen LogP) is 2.37. The third-order valence-electron chi connectivity index (χ3n) is 3.53. The van der Waals surface area contributed by atoms with Crippen LogP contribution in [-0.2, 0) is 19.4 Å². The van der Waals surface area contributed by atoms with E-state index in [1.54, 1.807) is 6.33 Å². The molecule has 0 aliphatic rings. The van der Waals surface area contributed by atoms with Crippen molar-refractivity contribution >= 4 is 0 Å². The first kappa shape index (κ1) is 14.7. The SMILES string of the molecule is CCCn1ncnc1CC(Cc1cccc(C)c1)NC. The Kier molecular flexibility index (Phi) is 5.30. The van der Waals surface area contributed by atoms with Crippen molar-refractivity contribution in [3.8, 4) is 0 Å². The molecule has 20 heavy (non-hydrogen) atoms. The van der Waals surface area contributed by atoms with Gasteiger partial charge in [0.05, 0.1) is 0 Å². The lowest BCUT2D eigenvalue weighted by atomic mass is 10.0. The Morgan fingerprint density at radius 1 is 1.30 bits per heavy atom. The molecule has 1 atom stereocenters. The molecular weight excluding hydrogens is 248 g/mol. The summed E-state index contributed by atoms with van der Waals surface area (Å²) >= 11 is 0.